The van der Waals surface area contributed by atoms with Crippen LogP contribution in [-0.4, -0.2) is 6.85 Å². The fourth-order valence-corrected chi connectivity index (χ4v) is 4.97. The molecule has 2 aliphatic rings. The van der Waals surface area contributed by atoms with Crippen molar-refractivity contribution in [3.8, 4) is 22.3 Å². The quantitative estimate of drug-likeness (QED) is 0.323. The predicted molar refractivity (Wildman–Crippen MR) is 132 cm³/mol. The first kappa shape index (κ1) is 18.8. The van der Waals surface area contributed by atoms with E-state index < -0.39 is 0 Å². The molecule has 30 heavy (non-hydrogen) atoms. The number of benzene rings is 4. The third-order valence-corrected chi connectivity index (χ3v) is 6.17. The molecule has 0 radical (unpaired) electrons. The molecule has 4 aromatic rings. The Hall–Kier alpha value is -3.26. The second kappa shape index (κ2) is 7.21. The standard InChI is InChI=1S/C26H20BN.C2H6/c1-17-11-13-25-21(15-17)19-7-3-5-9-23(19)27-24-10-6-4-8-20(24)22-16-18(2)12-14-26(22)28(25)27;1-2/h3-16H,1-2H3;1-2H3. The molecule has 0 bridgehead atoms. The molecule has 4 aromatic carbocycles. The van der Waals surface area contributed by atoms with E-state index >= 15 is 0 Å². The molecule has 2 heteroatoms. The lowest BCUT2D eigenvalue weighted by molar-refractivity contribution is 1.32. The second-order valence-corrected chi connectivity index (χ2v) is 7.99. The highest BCUT2D eigenvalue weighted by atomic mass is 15.1. The molecule has 0 fully saturated rings. The number of nitrogens with zero attached hydrogens (tertiary/aromatic N) is 1. The highest BCUT2D eigenvalue weighted by Gasteiger charge is 2.41. The maximum atomic E-state index is 2.55. The number of anilines is 2. The van der Waals surface area contributed by atoms with E-state index in [9.17, 15) is 0 Å². The molecule has 0 unspecified atom stereocenters. The Labute approximate surface area is 180 Å². The molecule has 0 atom stereocenters. The molecule has 0 aliphatic carbocycles. The van der Waals surface area contributed by atoms with Gasteiger partial charge in [0.1, 0.15) is 0 Å². The average Bonchev–Trinajstić information content (AvgIpc) is 2.80. The Morgan fingerprint density at radius 2 is 0.967 bits per heavy atom. The van der Waals surface area contributed by atoms with E-state index in [4.69, 9.17) is 0 Å². The van der Waals surface area contributed by atoms with Gasteiger partial charge in [0.05, 0.1) is 0 Å². The summed E-state index contributed by atoms with van der Waals surface area (Å²) in [6.45, 7) is 8.56. The summed E-state index contributed by atoms with van der Waals surface area (Å²) >= 11 is 0. The van der Waals surface area contributed by atoms with Gasteiger partial charge in [-0.2, -0.15) is 0 Å². The molecule has 2 heterocycles. The minimum atomic E-state index is 0.206. The van der Waals surface area contributed by atoms with Crippen LogP contribution in [0.5, 0.6) is 0 Å². The summed E-state index contributed by atoms with van der Waals surface area (Å²) in [6.07, 6.45) is 0. The third kappa shape index (κ3) is 2.64. The molecule has 0 N–H and O–H groups in total. The van der Waals surface area contributed by atoms with Crippen molar-refractivity contribution in [1.29, 1.82) is 0 Å². The smallest absolute Gasteiger partial charge is 0.329 e. The molecule has 1 nitrogen and oxygen atoms in total. The highest BCUT2D eigenvalue weighted by Crippen LogP contribution is 2.45. The zero-order valence-corrected chi connectivity index (χ0v) is 18.1. The van der Waals surface area contributed by atoms with E-state index in [-0.39, 0.29) is 6.85 Å². The number of aryl methyl sites for hydroxylation is 2. The fourth-order valence-electron chi connectivity index (χ4n) is 4.97. The first-order chi connectivity index (χ1) is 14.7. The highest BCUT2D eigenvalue weighted by molar-refractivity contribution is 6.92. The molecule has 0 amide bonds. The average molecular weight is 387 g/mol. The van der Waals surface area contributed by atoms with Crippen molar-refractivity contribution in [1.82, 2.24) is 0 Å². The lowest BCUT2D eigenvalue weighted by Gasteiger charge is -2.43. The Morgan fingerprint density at radius 3 is 1.43 bits per heavy atom. The van der Waals surface area contributed by atoms with Crippen LogP contribution in [-0.2, 0) is 0 Å². The SMILES string of the molecule is CC.Cc1ccc2c(c1)-c1ccccc1B1c3ccccc3-c3cc(C)ccc3N12. The van der Waals surface area contributed by atoms with E-state index in [0.29, 0.717) is 0 Å². The van der Waals surface area contributed by atoms with Crippen LogP contribution in [0.4, 0.5) is 11.4 Å². The molecular formula is C28H26BN. The number of hydrogen-bond acceptors (Lipinski definition) is 1. The van der Waals surface area contributed by atoms with Crippen molar-refractivity contribution in [2.75, 3.05) is 4.81 Å². The first-order valence-corrected chi connectivity index (χ1v) is 10.9. The Balaban J connectivity index is 0.000000937. The zero-order chi connectivity index (χ0) is 20.8. The van der Waals surface area contributed by atoms with Crippen LogP contribution in [0.2, 0.25) is 0 Å². The van der Waals surface area contributed by atoms with Crippen molar-refractivity contribution in [2.24, 2.45) is 0 Å². The van der Waals surface area contributed by atoms with E-state index in [0.717, 1.165) is 0 Å². The minimum Gasteiger partial charge on any atom is -0.376 e. The van der Waals surface area contributed by atoms with Crippen LogP contribution < -0.4 is 15.7 Å². The van der Waals surface area contributed by atoms with E-state index in [1.165, 1.54) is 55.7 Å². The molecule has 0 saturated heterocycles. The van der Waals surface area contributed by atoms with Crippen LogP contribution in [0.3, 0.4) is 0 Å². The lowest BCUT2D eigenvalue weighted by Crippen LogP contribution is -2.59. The van der Waals surface area contributed by atoms with Crippen molar-refractivity contribution >= 4 is 29.1 Å². The van der Waals surface area contributed by atoms with Crippen LogP contribution in [0.15, 0.2) is 84.9 Å². The van der Waals surface area contributed by atoms with Crippen LogP contribution >= 0.6 is 0 Å². The number of fused-ring (bicyclic) bond motifs is 11. The second-order valence-electron chi connectivity index (χ2n) is 7.99. The molecule has 146 valence electrons. The van der Waals surface area contributed by atoms with Crippen LogP contribution in [0.1, 0.15) is 25.0 Å². The van der Waals surface area contributed by atoms with Gasteiger partial charge >= 0.3 is 6.85 Å². The van der Waals surface area contributed by atoms with Gasteiger partial charge in [-0.15, -0.1) is 0 Å². The Kier molecular flexibility index (Phi) is 4.51. The predicted octanol–water partition coefficient (Wildman–Crippen LogP) is 6.23. The van der Waals surface area contributed by atoms with Crippen LogP contribution in [0.25, 0.3) is 22.3 Å². The Morgan fingerprint density at radius 1 is 0.533 bits per heavy atom. The van der Waals surface area contributed by atoms with Gasteiger partial charge in [0, 0.05) is 22.5 Å². The molecular weight excluding hydrogens is 361 g/mol. The third-order valence-electron chi connectivity index (χ3n) is 6.17. The molecule has 6 rings (SSSR count). The van der Waals surface area contributed by atoms with Gasteiger partial charge in [0.2, 0.25) is 0 Å². The maximum absolute atomic E-state index is 2.55. The normalized spacial score (nSPS) is 12.5. The molecule has 2 aliphatic heterocycles. The first-order valence-electron chi connectivity index (χ1n) is 10.9. The van der Waals surface area contributed by atoms with Crippen molar-refractivity contribution in [2.45, 2.75) is 27.7 Å². The molecule has 0 aromatic heterocycles. The summed E-state index contributed by atoms with van der Waals surface area (Å²) in [5, 5.41) is 0. The molecule has 0 spiro atoms. The summed E-state index contributed by atoms with van der Waals surface area (Å²) in [6, 6.07) is 31.5. The number of hydrogen-bond donors (Lipinski definition) is 0. The molecule has 0 saturated carbocycles. The van der Waals surface area contributed by atoms with Crippen molar-refractivity contribution < 1.29 is 0 Å². The van der Waals surface area contributed by atoms with Gasteiger partial charge in [-0.1, -0.05) is 85.6 Å². The van der Waals surface area contributed by atoms with Gasteiger partial charge in [-0.3, -0.25) is 0 Å². The van der Waals surface area contributed by atoms with Gasteiger partial charge in [-0.25, -0.2) is 0 Å². The van der Waals surface area contributed by atoms with Gasteiger partial charge in [0.15, 0.2) is 0 Å². The van der Waals surface area contributed by atoms with Gasteiger partial charge in [0.25, 0.3) is 0 Å². The van der Waals surface area contributed by atoms with Gasteiger partial charge < -0.3 is 4.81 Å². The van der Waals surface area contributed by atoms with E-state index in [2.05, 4.69) is 104 Å². The maximum Gasteiger partial charge on any atom is 0.329 e. The minimum absolute atomic E-state index is 0.206. The topological polar surface area (TPSA) is 3.24 Å². The van der Waals surface area contributed by atoms with Crippen molar-refractivity contribution in [3.63, 3.8) is 0 Å². The fraction of sp³-hybridized carbons (Fsp3) is 0.143. The van der Waals surface area contributed by atoms with Crippen LogP contribution in [0, 0.1) is 13.8 Å². The largest absolute Gasteiger partial charge is 0.376 e. The summed E-state index contributed by atoms with van der Waals surface area (Å²) in [5.41, 5.74) is 13.3. The van der Waals surface area contributed by atoms with E-state index in [1.807, 2.05) is 13.8 Å². The summed E-state index contributed by atoms with van der Waals surface area (Å²) in [4.78, 5) is 2.55. The van der Waals surface area contributed by atoms with Gasteiger partial charge in [-0.05, 0) is 60.2 Å². The Bertz CT molecular complexity index is 1160. The van der Waals surface area contributed by atoms with E-state index in [1.54, 1.807) is 0 Å². The van der Waals surface area contributed by atoms with Crippen molar-refractivity contribution in [3.05, 3.63) is 96.1 Å². The summed E-state index contributed by atoms with van der Waals surface area (Å²) < 4.78 is 0. The lowest BCUT2D eigenvalue weighted by atomic mass is 9.43. The number of rotatable bonds is 0. The summed E-state index contributed by atoms with van der Waals surface area (Å²) in [5.74, 6) is 0. The zero-order valence-electron chi connectivity index (χ0n) is 18.1. The summed E-state index contributed by atoms with van der Waals surface area (Å²) in [7, 11) is 0. The monoisotopic (exact) mass is 387 g/mol.